The van der Waals surface area contributed by atoms with Gasteiger partial charge in [0.1, 0.15) is 0 Å². The SMILES string of the molecule is c1ccc(-c2ccc3c(c2)c2cc4ccccc4cc2n3-c2nc(-c3ccc4c(c3)sc3ccccc34)nc3ncccc23)cc1. The molecule has 0 aliphatic carbocycles. The number of fused-ring (bicyclic) bond motifs is 8. The van der Waals surface area contributed by atoms with Crippen molar-refractivity contribution in [3.8, 4) is 28.3 Å². The predicted octanol–water partition coefficient (Wildman–Crippen LogP) is 11.0. The van der Waals surface area contributed by atoms with E-state index in [1.807, 2.05) is 12.3 Å². The van der Waals surface area contributed by atoms with Crippen LogP contribution in [-0.2, 0) is 0 Å². The fourth-order valence-electron chi connectivity index (χ4n) is 6.85. The standard InChI is InChI=1S/C41H24N4S/c1-2-9-25(10-3-1)28-17-19-35-33(22-28)34-21-26-11-4-5-12-27(26)23-36(34)45(35)41-32-14-8-20-42-40(32)43-39(44-41)29-16-18-31-30-13-6-7-15-37(30)46-38(31)24-29/h1-24H. The molecular formula is C41H24N4S. The van der Waals surface area contributed by atoms with Crippen molar-refractivity contribution < 1.29 is 0 Å². The molecule has 0 fully saturated rings. The Balaban J connectivity index is 1.28. The van der Waals surface area contributed by atoms with Crippen LogP contribution in [0.3, 0.4) is 0 Å². The molecule has 0 aliphatic heterocycles. The highest BCUT2D eigenvalue weighted by Gasteiger charge is 2.20. The first kappa shape index (κ1) is 25.4. The number of pyridine rings is 1. The summed E-state index contributed by atoms with van der Waals surface area (Å²) in [7, 11) is 0. The molecule has 0 atom stereocenters. The van der Waals surface area contributed by atoms with Gasteiger partial charge in [0.2, 0.25) is 0 Å². The Bertz CT molecular complexity index is 2810. The molecule has 6 aromatic carbocycles. The van der Waals surface area contributed by atoms with Gasteiger partial charge >= 0.3 is 0 Å². The summed E-state index contributed by atoms with van der Waals surface area (Å²) < 4.78 is 4.81. The first-order valence-electron chi connectivity index (χ1n) is 15.4. The van der Waals surface area contributed by atoms with Crippen LogP contribution >= 0.6 is 11.3 Å². The van der Waals surface area contributed by atoms with Crippen LogP contribution in [0.4, 0.5) is 0 Å². The number of rotatable bonds is 3. The highest BCUT2D eigenvalue weighted by atomic mass is 32.1. The smallest absolute Gasteiger partial charge is 0.165 e. The largest absolute Gasteiger partial charge is 0.293 e. The zero-order valence-electron chi connectivity index (χ0n) is 24.6. The monoisotopic (exact) mass is 604 g/mol. The Morgan fingerprint density at radius 1 is 0.457 bits per heavy atom. The van der Waals surface area contributed by atoms with Crippen molar-refractivity contribution in [2.75, 3.05) is 0 Å². The molecule has 4 nitrogen and oxygen atoms in total. The molecule has 0 unspecified atom stereocenters. The van der Waals surface area contributed by atoms with Crippen molar-refractivity contribution in [1.82, 2.24) is 19.5 Å². The van der Waals surface area contributed by atoms with Gasteiger partial charge in [-0.05, 0) is 70.4 Å². The van der Waals surface area contributed by atoms with E-state index in [1.54, 1.807) is 11.3 Å². The molecule has 0 saturated heterocycles. The van der Waals surface area contributed by atoms with Gasteiger partial charge in [0.05, 0.1) is 16.4 Å². The van der Waals surface area contributed by atoms with E-state index >= 15 is 0 Å². The normalized spacial score (nSPS) is 11.9. The lowest BCUT2D eigenvalue weighted by molar-refractivity contribution is 1.07. The van der Waals surface area contributed by atoms with Crippen LogP contribution in [0.15, 0.2) is 146 Å². The molecule has 0 amide bonds. The molecule has 4 aromatic heterocycles. The Hall–Kier alpha value is -5.91. The van der Waals surface area contributed by atoms with Crippen LogP contribution in [0.5, 0.6) is 0 Å². The number of benzene rings is 6. The summed E-state index contributed by atoms with van der Waals surface area (Å²) >= 11 is 1.80. The third-order valence-electron chi connectivity index (χ3n) is 9.04. The maximum absolute atomic E-state index is 5.35. The summed E-state index contributed by atoms with van der Waals surface area (Å²) in [6, 6.07) is 49.7. The van der Waals surface area contributed by atoms with E-state index in [1.165, 1.54) is 52.8 Å². The Labute approximate surface area is 267 Å². The van der Waals surface area contributed by atoms with E-state index in [-0.39, 0.29) is 0 Å². The second kappa shape index (κ2) is 9.80. The molecule has 0 spiro atoms. The minimum atomic E-state index is 0.664. The van der Waals surface area contributed by atoms with E-state index in [4.69, 9.17) is 15.0 Å². The molecule has 0 saturated carbocycles. The van der Waals surface area contributed by atoms with Gasteiger partial charge in [0.15, 0.2) is 17.3 Å². The first-order chi connectivity index (χ1) is 22.8. The molecule has 214 valence electrons. The quantitative estimate of drug-likeness (QED) is 0.201. The van der Waals surface area contributed by atoms with Crippen LogP contribution in [0.2, 0.25) is 0 Å². The maximum Gasteiger partial charge on any atom is 0.165 e. The fourth-order valence-corrected chi connectivity index (χ4v) is 8.00. The van der Waals surface area contributed by atoms with Crippen molar-refractivity contribution in [2.45, 2.75) is 0 Å². The van der Waals surface area contributed by atoms with Crippen molar-refractivity contribution in [3.05, 3.63) is 146 Å². The molecule has 0 bridgehead atoms. The topological polar surface area (TPSA) is 43.6 Å². The predicted molar refractivity (Wildman–Crippen MR) is 193 cm³/mol. The van der Waals surface area contributed by atoms with Gasteiger partial charge in [0, 0.05) is 42.7 Å². The van der Waals surface area contributed by atoms with Crippen LogP contribution < -0.4 is 0 Å². The van der Waals surface area contributed by atoms with Gasteiger partial charge in [-0.2, -0.15) is 0 Å². The zero-order valence-corrected chi connectivity index (χ0v) is 25.4. The Morgan fingerprint density at radius 2 is 1.20 bits per heavy atom. The molecule has 0 radical (unpaired) electrons. The molecule has 10 rings (SSSR count). The highest BCUT2D eigenvalue weighted by molar-refractivity contribution is 7.25. The molecule has 46 heavy (non-hydrogen) atoms. The van der Waals surface area contributed by atoms with E-state index < -0.39 is 0 Å². The molecular weight excluding hydrogens is 581 g/mol. The molecule has 0 aliphatic rings. The number of hydrogen-bond donors (Lipinski definition) is 0. The fraction of sp³-hybridized carbons (Fsp3) is 0. The van der Waals surface area contributed by atoms with Gasteiger partial charge < -0.3 is 0 Å². The lowest BCUT2D eigenvalue weighted by atomic mass is 10.0. The van der Waals surface area contributed by atoms with E-state index in [0.717, 1.165) is 27.8 Å². The molecule has 0 N–H and O–H groups in total. The lowest BCUT2D eigenvalue weighted by Gasteiger charge is -2.12. The number of aromatic nitrogens is 4. The summed E-state index contributed by atoms with van der Waals surface area (Å²) in [5, 5.41) is 8.23. The van der Waals surface area contributed by atoms with Gasteiger partial charge in [-0.25, -0.2) is 15.0 Å². The molecule has 4 heterocycles. The third kappa shape index (κ3) is 3.82. The Morgan fingerprint density at radius 3 is 2.11 bits per heavy atom. The average Bonchev–Trinajstić information content (AvgIpc) is 3.65. The number of hydrogen-bond acceptors (Lipinski definition) is 4. The minimum absolute atomic E-state index is 0.664. The second-order valence-electron chi connectivity index (χ2n) is 11.7. The van der Waals surface area contributed by atoms with E-state index in [9.17, 15) is 0 Å². The van der Waals surface area contributed by atoms with Crippen molar-refractivity contribution >= 4 is 75.1 Å². The van der Waals surface area contributed by atoms with Crippen molar-refractivity contribution in [3.63, 3.8) is 0 Å². The minimum Gasteiger partial charge on any atom is -0.293 e. The van der Waals surface area contributed by atoms with E-state index in [2.05, 4.69) is 138 Å². The number of nitrogens with zero attached hydrogens (tertiary/aromatic N) is 4. The van der Waals surface area contributed by atoms with Crippen LogP contribution in [0.1, 0.15) is 0 Å². The molecule has 10 aromatic rings. The van der Waals surface area contributed by atoms with Crippen LogP contribution in [-0.4, -0.2) is 19.5 Å². The number of thiophene rings is 1. The van der Waals surface area contributed by atoms with Crippen molar-refractivity contribution in [1.29, 1.82) is 0 Å². The summed E-state index contributed by atoms with van der Waals surface area (Å²) in [6.45, 7) is 0. The van der Waals surface area contributed by atoms with Gasteiger partial charge in [-0.15, -0.1) is 11.3 Å². The maximum atomic E-state index is 5.35. The first-order valence-corrected chi connectivity index (χ1v) is 16.2. The molecule has 5 heteroatoms. The van der Waals surface area contributed by atoms with Crippen molar-refractivity contribution in [2.24, 2.45) is 0 Å². The van der Waals surface area contributed by atoms with Gasteiger partial charge in [-0.3, -0.25) is 4.57 Å². The zero-order chi connectivity index (χ0) is 30.2. The third-order valence-corrected chi connectivity index (χ3v) is 10.2. The average molecular weight is 605 g/mol. The van der Waals surface area contributed by atoms with Crippen LogP contribution in [0, 0.1) is 0 Å². The second-order valence-corrected chi connectivity index (χ2v) is 12.8. The van der Waals surface area contributed by atoms with E-state index in [0.29, 0.717) is 11.5 Å². The Kier molecular flexibility index (Phi) is 5.41. The summed E-state index contributed by atoms with van der Waals surface area (Å²) in [5.74, 6) is 1.49. The van der Waals surface area contributed by atoms with Gasteiger partial charge in [0.25, 0.3) is 0 Å². The summed E-state index contributed by atoms with van der Waals surface area (Å²) in [4.78, 5) is 15.1. The van der Waals surface area contributed by atoms with Gasteiger partial charge in [-0.1, -0.05) is 91.0 Å². The summed E-state index contributed by atoms with van der Waals surface area (Å²) in [5.41, 5.74) is 6.24. The lowest BCUT2D eigenvalue weighted by Crippen LogP contribution is -2.03. The highest BCUT2D eigenvalue weighted by Crippen LogP contribution is 2.39. The summed E-state index contributed by atoms with van der Waals surface area (Å²) in [6.07, 6.45) is 1.81. The van der Waals surface area contributed by atoms with Crippen LogP contribution in [0.25, 0.3) is 92.1 Å².